The molecular weight excluding hydrogens is 237 g/mol. The molecule has 17 heavy (non-hydrogen) atoms. The molecule has 0 saturated heterocycles. The van der Waals surface area contributed by atoms with Crippen LogP contribution in [0.3, 0.4) is 0 Å². The van der Waals surface area contributed by atoms with Crippen molar-refractivity contribution in [1.29, 1.82) is 0 Å². The molecule has 0 heterocycles. The van der Waals surface area contributed by atoms with Gasteiger partial charge < -0.3 is 10.8 Å². The van der Waals surface area contributed by atoms with Gasteiger partial charge in [-0.25, -0.2) is 4.39 Å². The molecule has 1 atom stereocenters. The molecule has 4 heteroatoms. The summed E-state index contributed by atoms with van der Waals surface area (Å²) in [6, 6.07) is 6.57. The van der Waals surface area contributed by atoms with Crippen molar-refractivity contribution in [3.63, 3.8) is 0 Å². The number of rotatable bonds is 7. The van der Waals surface area contributed by atoms with Gasteiger partial charge in [-0.1, -0.05) is 25.1 Å². The lowest BCUT2D eigenvalue weighted by Crippen LogP contribution is -2.40. The molecule has 3 N–H and O–H groups in total. The first-order valence-electron chi connectivity index (χ1n) is 5.84. The molecule has 0 saturated carbocycles. The van der Waals surface area contributed by atoms with Crippen LogP contribution in [-0.2, 0) is 5.41 Å². The number of nitrogens with two attached hydrogens (primary N) is 1. The fraction of sp³-hybridized carbons (Fsp3) is 0.538. The average Bonchev–Trinajstić information content (AvgIpc) is 2.36. The second kappa shape index (κ2) is 6.99. The van der Waals surface area contributed by atoms with Crippen LogP contribution < -0.4 is 5.73 Å². The van der Waals surface area contributed by atoms with Crippen LogP contribution in [0, 0.1) is 5.82 Å². The van der Waals surface area contributed by atoms with E-state index >= 15 is 0 Å². The SMILES string of the molecule is CCSCCC(CN)(CO)c1ccccc1F. The van der Waals surface area contributed by atoms with Gasteiger partial charge in [0.1, 0.15) is 5.82 Å². The van der Waals surface area contributed by atoms with Gasteiger partial charge in [0.15, 0.2) is 0 Å². The number of hydrogen-bond donors (Lipinski definition) is 2. The van der Waals surface area contributed by atoms with Crippen LogP contribution in [0.2, 0.25) is 0 Å². The normalized spacial score (nSPS) is 14.6. The Balaban J connectivity index is 2.94. The fourth-order valence-corrected chi connectivity index (χ4v) is 2.70. The van der Waals surface area contributed by atoms with Crippen molar-refractivity contribution < 1.29 is 9.50 Å². The molecule has 0 spiro atoms. The lowest BCUT2D eigenvalue weighted by molar-refractivity contribution is 0.190. The summed E-state index contributed by atoms with van der Waals surface area (Å²) in [5, 5.41) is 9.60. The number of halogens is 1. The predicted octanol–water partition coefficient (Wildman–Crippen LogP) is 2.16. The predicted molar refractivity (Wildman–Crippen MR) is 71.8 cm³/mol. The van der Waals surface area contributed by atoms with Gasteiger partial charge in [-0.05, 0) is 29.6 Å². The Hall–Kier alpha value is -0.580. The number of hydrogen-bond acceptors (Lipinski definition) is 3. The molecule has 0 aliphatic carbocycles. The van der Waals surface area contributed by atoms with Crippen LogP contribution in [0.15, 0.2) is 24.3 Å². The van der Waals surface area contributed by atoms with E-state index in [1.807, 2.05) is 0 Å². The van der Waals surface area contributed by atoms with E-state index in [2.05, 4.69) is 6.92 Å². The van der Waals surface area contributed by atoms with Gasteiger partial charge in [0.25, 0.3) is 0 Å². The highest BCUT2D eigenvalue weighted by Crippen LogP contribution is 2.30. The smallest absolute Gasteiger partial charge is 0.127 e. The Morgan fingerprint density at radius 3 is 2.65 bits per heavy atom. The molecule has 96 valence electrons. The molecule has 0 bridgehead atoms. The molecule has 1 rings (SSSR count). The van der Waals surface area contributed by atoms with E-state index in [0.717, 1.165) is 11.5 Å². The summed E-state index contributed by atoms with van der Waals surface area (Å²) in [6.07, 6.45) is 0.694. The molecule has 1 unspecified atom stereocenters. The molecule has 0 amide bonds. The Bertz CT molecular complexity index is 342. The first-order valence-corrected chi connectivity index (χ1v) is 6.99. The van der Waals surface area contributed by atoms with Crippen molar-refractivity contribution in [1.82, 2.24) is 0 Å². The topological polar surface area (TPSA) is 46.2 Å². The molecule has 0 aromatic heterocycles. The van der Waals surface area contributed by atoms with Crippen LogP contribution in [0.1, 0.15) is 18.9 Å². The lowest BCUT2D eigenvalue weighted by atomic mass is 9.78. The maximum absolute atomic E-state index is 13.8. The average molecular weight is 257 g/mol. The summed E-state index contributed by atoms with van der Waals surface area (Å²) in [4.78, 5) is 0. The zero-order valence-electron chi connectivity index (χ0n) is 10.2. The summed E-state index contributed by atoms with van der Waals surface area (Å²) in [5.74, 6) is 1.61. The Morgan fingerprint density at radius 1 is 1.41 bits per heavy atom. The number of thioether (sulfide) groups is 1. The Kier molecular flexibility index (Phi) is 5.95. The third-order valence-corrected chi connectivity index (χ3v) is 3.97. The van der Waals surface area contributed by atoms with Crippen molar-refractivity contribution in [2.75, 3.05) is 24.7 Å². The molecule has 2 nitrogen and oxygen atoms in total. The molecule has 0 radical (unpaired) electrons. The van der Waals surface area contributed by atoms with Gasteiger partial charge >= 0.3 is 0 Å². The number of aliphatic hydroxyl groups excluding tert-OH is 1. The third kappa shape index (κ3) is 3.44. The van der Waals surface area contributed by atoms with E-state index in [1.165, 1.54) is 6.07 Å². The van der Waals surface area contributed by atoms with Crippen LogP contribution in [0.5, 0.6) is 0 Å². The highest BCUT2D eigenvalue weighted by molar-refractivity contribution is 7.99. The first-order chi connectivity index (χ1) is 8.20. The quantitative estimate of drug-likeness (QED) is 0.736. The Morgan fingerprint density at radius 2 is 2.12 bits per heavy atom. The van der Waals surface area contributed by atoms with E-state index in [1.54, 1.807) is 30.0 Å². The van der Waals surface area contributed by atoms with Crippen molar-refractivity contribution in [3.05, 3.63) is 35.6 Å². The van der Waals surface area contributed by atoms with E-state index in [4.69, 9.17) is 5.73 Å². The summed E-state index contributed by atoms with van der Waals surface area (Å²) in [7, 11) is 0. The summed E-state index contributed by atoms with van der Waals surface area (Å²) in [6.45, 7) is 2.22. The van der Waals surface area contributed by atoms with Crippen LogP contribution in [0.4, 0.5) is 4.39 Å². The van der Waals surface area contributed by atoms with Crippen molar-refractivity contribution in [2.45, 2.75) is 18.8 Å². The zero-order chi connectivity index (χ0) is 12.7. The first kappa shape index (κ1) is 14.5. The van der Waals surface area contributed by atoms with Crippen molar-refractivity contribution >= 4 is 11.8 Å². The van der Waals surface area contributed by atoms with E-state index in [0.29, 0.717) is 12.0 Å². The highest BCUT2D eigenvalue weighted by Gasteiger charge is 2.32. The van der Waals surface area contributed by atoms with Gasteiger partial charge in [-0.3, -0.25) is 0 Å². The molecule has 0 fully saturated rings. The second-order valence-corrected chi connectivity index (χ2v) is 5.46. The summed E-state index contributed by atoms with van der Waals surface area (Å²) >= 11 is 1.78. The van der Waals surface area contributed by atoms with Gasteiger partial charge in [-0.2, -0.15) is 11.8 Å². The Labute approximate surface area is 106 Å². The minimum Gasteiger partial charge on any atom is -0.395 e. The summed E-state index contributed by atoms with van der Waals surface area (Å²) in [5.41, 5.74) is 5.65. The standard InChI is InChI=1S/C13H20FNOS/c1-2-17-8-7-13(9-15,10-16)11-5-3-4-6-12(11)14/h3-6,16H,2,7-10,15H2,1H3. The van der Waals surface area contributed by atoms with Gasteiger partial charge in [0, 0.05) is 12.0 Å². The maximum atomic E-state index is 13.8. The largest absolute Gasteiger partial charge is 0.395 e. The maximum Gasteiger partial charge on any atom is 0.127 e. The third-order valence-electron chi connectivity index (χ3n) is 3.07. The molecule has 0 aliphatic rings. The molecule has 1 aromatic carbocycles. The van der Waals surface area contributed by atoms with E-state index < -0.39 is 5.41 Å². The van der Waals surface area contributed by atoms with Crippen molar-refractivity contribution in [3.8, 4) is 0 Å². The van der Waals surface area contributed by atoms with Gasteiger partial charge in [-0.15, -0.1) is 0 Å². The van der Waals surface area contributed by atoms with E-state index in [9.17, 15) is 9.50 Å². The minimum absolute atomic E-state index is 0.116. The van der Waals surface area contributed by atoms with Crippen molar-refractivity contribution in [2.24, 2.45) is 5.73 Å². The van der Waals surface area contributed by atoms with Gasteiger partial charge in [0.2, 0.25) is 0 Å². The molecule has 1 aromatic rings. The van der Waals surface area contributed by atoms with E-state index in [-0.39, 0.29) is 19.0 Å². The number of benzene rings is 1. The zero-order valence-corrected chi connectivity index (χ0v) is 11.0. The van der Waals surface area contributed by atoms with Gasteiger partial charge in [0.05, 0.1) is 6.61 Å². The minimum atomic E-state index is -0.645. The lowest BCUT2D eigenvalue weighted by Gasteiger charge is -2.31. The summed E-state index contributed by atoms with van der Waals surface area (Å²) < 4.78 is 13.8. The van der Waals surface area contributed by atoms with Crippen LogP contribution >= 0.6 is 11.8 Å². The highest BCUT2D eigenvalue weighted by atomic mass is 32.2. The second-order valence-electron chi connectivity index (χ2n) is 4.07. The number of aliphatic hydroxyl groups is 1. The fourth-order valence-electron chi connectivity index (χ4n) is 1.88. The van der Waals surface area contributed by atoms with Crippen LogP contribution in [-0.4, -0.2) is 29.8 Å². The van der Waals surface area contributed by atoms with Crippen LogP contribution in [0.25, 0.3) is 0 Å². The molecular formula is C13H20FNOS. The molecule has 0 aliphatic heterocycles. The monoisotopic (exact) mass is 257 g/mol.